The Morgan fingerprint density at radius 3 is 2.14 bits per heavy atom. The summed E-state index contributed by atoms with van der Waals surface area (Å²) < 4.78 is 46.3. The zero-order valence-electron chi connectivity index (χ0n) is 11.8. The Labute approximate surface area is 122 Å². The van der Waals surface area contributed by atoms with Crippen LogP contribution in [0.1, 0.15) is 24.0 Å². The number of benzene rings is 1. The number of halogens is 3. The van der Waals surface area contributed by atoms with E-state index in [2.05, 4.69) is 10.1 Å². The van der Waals surface area contributed by atoms with Gasteiger partial charge in [0.2, 0.25) is 0 Å². The van der Waals surface area contributed by atoms with E-state index < -0.39 is 12.8 Å². The van der Waals surface area contributed by atoms with Gasteiger partial charge >= 0.3 is 6.18 Å². The number of nitrogens with one attached hydrogen (secondary N) is 1. The molecule has 0 amide bonds. The highest BCUT2D eigenvalue weighted by Crippen LogP contribution is 2.16. The summed E-state index contributed by atoms with van der Waals surface area (Å²) in [7, 11) is 0. The Balaban J connectivity index is 1.71. The summed E-state index contributed by atoms with van der Waals surface area (Å²) in [5, 5.41) is 3.28. The van der Waals surface area contributed by atoms with Crippen molar-refractivity contribution in [2.45, 2.75) is 38.3 Å². The van der Waals surface area contributed by atoms with E-state index in [1.54, 1.807) is 12.1 Å². The Bertz CT molecular complexity index is 414. The molecule has 3 nitrogen and oxygen atoms in total. The van der Waals surface area contributed by atoms with E-state index in [1.807, 2.05) is 12.1 Å². The summed E-state index contributed by atoms with van der Waals surface area (Å²) in [6.07, 6.45) is -1.95. The van der Waals surface area contributed by atoms with Crippen LogP contribution in [0.25, 0.3) is 0 Å². The molecular formula is C15H20F3NO2. The first kappa shape index (κ1) is 16.3. The molecule has 1 fully saturated rings. The predicted molar refractivity (Wildman–Crippen MR) is 72.8 cm³/mol. The molecule has 2 rings (SSSR count). The lowest BCUT2D eigenvalue weighted by atomic mass is 10.1. The highest BCUT2D eigenvalue weighted by molar-refractivity contribution is 5.21. The Kier molecular flexibility index (Phi) is 6.02. The van der Waals surface area contributed by atoms with Gasteiger partial charge < -0.3 is 14.8 Å². The minimum Gasteiger partial charge on any atom is -0.373 e. The van der Waals surface area contributed by atoms with E-state index in [9.17, 15) is 13.2 Å². The summed E-state index contributed by atoms with van der Waals surface area (Å²) in [6, 6.07) is 7.29. The lowest BCUT2D eigenvalue weighted by Gasteiger charge is -2.23. The average Bonchev–Trinajstić information content (AvgIpc) is 2.46. The molecule has 0 aromatic heterocycles. The SMILES string of the molecule is FC(F)(F)COCc1ccc(COC2CCNCC2)cc1. The van der Waals surface area contributed by atoms with Crippen molar-refractivity contribution in [3.63, 3.8) is 0 Å². The van der Waals surface area contributed by atoms with Crippen molar-refractivity contribution < 1.29 is 22.6 Å². The number of rotatable bonds is 6. The van der Waals surface area contributed by atoms with Crippen LogP contribution in [-0.4, -0.2) is 32.0 Å². The monoisotopic (exact) mass is 303 g/mol. The molecule has 1 aromatic rings. The second-order valence-corrected chi connectivity index (χ2v) is 5.18. The third-order valence-electron chi connectivity index (χ3n) is 3.33. The Morgan fingerprint density at radius 2 is 1.57 bits per heavy atom. The lowest BCUT2D eigenvalue weighted by Crippen LogP contribution is -2.32. The van der Waals surface area contributed by atoms with Crippen molar-refractivity contribution in [1.29, 1.82) is 0 Å². The lowest BCUT2D eigenvalue weighted by molar-refractivity contribution is -0.176. The maximum absolute atomic E-state index is 12.0. The van der Waals surface area contributed by atoms with Gasteiger partial charge in [-0.25, -0.2) is 0 Å². The molecule has 0 bridgehead atoms. The van der Waals surface area contributed by atoms with E-state index >= 15 is 0 Å². The molecular weight excluding hydrogens is 283 g/mol. The zero-order valence-corrected chi connectivity index (χ0v) is 11.8. The van der Waals surface area contributed by atoms with Crippen molar-refractivity contribution in [1.82, 2.24) is 5.32 Å². The molecule has 0 aliphatic carbocycles. The molecule has 1 aliphatic heterocycles. The molecule has 0 atom stereocenters. The van der Waals surface area contributed by atoms with Crippen LogP contribution in [0, 0.1) is 0 Å². The van der Waals surface area contributed by atoms with Crippen LogP contribution in [0.15, 0.2) is 24.3 Å². The molecule has 0 unspecified atom stereocenters. The molecule has 0 radical (unpaired) electrons. The second-order valence-electron chi connectivity index (χ2n) is 5.18. The molecule has 1 heterocycles. The van der Waals surface area contributed by atoms with Crippen LogP contribution in [0.2, 0.25) is 0 Å². The van der Waals surface area contributed by atoms with Crippen LogP contribution in [0.3, 0.4) is 0 Å². The summed E-state index contributed by atoms with van der Waals surface area (Å²) in [6.45, 7) is 1.26. The highest BCUT2D eigenvalue weighted by atomic mass is 19.4. The van der Waals surface area contributed by atoms with Crippen LogP contribution in [-0.2, 0) is 22.7 Å². The average molecular weight is 303 g/mol. The number of hydrogen-bond donors (Lipinski definition) is 1. The van der Waals surface area contributed by atoms with E-state index in [0.717, 1.165) is 37.1 Å². The van der Waals surface area contributed by atoms with Gasteiger partial charge in [-0.3, -0.25) is 0 Å². The smallest absolute Gasteiger partial charge is 0.373 e. The van der Waals surface area contributed by atoms with Crippen LogP contribution in [0.4, 0.5) is 13.2 Å². The van der Waals surface area contributed by atoms with Gasteiger partial charge in [-0.05, 0) is 37.1 Å². The van der Waals surface area contributed by atoms with Crippen molar-refractivity contribution in [2.75, 3.05) is 19.7 Å². The van der Waals surface area contributed by atoms with E-state index in [0.29, 0.717) is 12.7 Å². The fourth-order valence-corrected chi connectivity index (χ4v) is 2.19. The topological polar surface area (TPSA) is 30.5 Å². The normalized spacial score (nSPS) is 17.1. The van der Waals surface area contributed by atoms with Gasteiger partial charge in [-0.1, -0.05) is 24.3 Å². The predicted octanol–water partition coefficient (Wildman–Crippen LogP) is 3.03. The third-order valence-corrected chi connectivity index (χ3v) is 3.33. The largest absolute Gasteiger partial charge is 0.411 e. The van der Waals surface area contributed by atoms with Crippen LogP contribution in [0.5, 0.6) is 0 Å². The molecule has 1 aliphatic rings. The number of piperidine rings is 1. The van der Waals surface area contributed by atoms with Gasteiger partial charge in [0.1, 0.15) is 6.61 Å². The molecule has 6 heteroatoms. The molecule has 0 saturated carbocycles. The van der Waals surface area contributed by atoms with Crippen molar-refractivity contribution in [3.05, 3.63) is 35.4 Å². The summed E-state index contributed by atoms with van der Waals surface area (Å²) >= 11 is 0. The molecule has 1 saturated heterocycles. The van der Waals surface area contributed by atoms with Gasteiger partial charge in [-0.15, -0.1) is 0 Å². The number of ether oxygens (including phenoxy) is 2. The van der Waals surface area contributed by atoms with Gasteiger partial charge in [0.25, 0.3) is 0 Å². The Hall–Kier alpha value is -1.11. The number of alkyl halides is 3. The van der Waals surface area contributed by atoms with Gasteiger partial charge in [0, 0.05) is 0 Å². The van der Waals surface area contributed by atoms with Crippen molar-refractivity contribution >= 4 is 0 Å². The van der Waals surface area contributed by atoms with Gasteiger partial charge in [0.05, 0.1) is 19.3 Å². The van der Waals surface area contributed by atoms with Crippen molar-refractivity contribution in [2.24, 2.45) is 0 Å². The second kappa shape index (κ2) is 7.77. The fraction of sp³-hybridized carbons (Fsp3) is 0.600. The van der Waals surface area contributed by atoms with Crippen LogP contribution < -0.4 is 5.32 Å². The first-order valence-corrected chi connectivity index (χ1v) is 7.07. The molecule has 0 spiro atoms. The highest BCUT2D eigenvalue weighted by Gasteiger charge is 2.27. The fourth-order valence-electron chi connectivity index (χ4n) is 2.19. The van der Waals surface area contributed by atoms with E-state index in [1.165, 1.54) is 0 Å². The first-order valence-electron chi connectivity index (χ1n) is 7.07. The summed E-state index contributed by atoms with van der Waals surface area (Å²) in [4.78, 5) is 0. The van der Waals surface area contributed by atoms with Gasteiger partial charge in [0.15, 0.2) is 0 Å². The van der Waals surface area contributed by atoms with Crippen LogP contribution >= 0.6 is 0 Å². The minimum atomic E-state index is -4.28. The molecule has 21 heavy (non-hydrogen) atoms. The Morgan fingerprint density at radius 1 is 1.00 bits per heavy atom. The third kappa shape index (κ3) is 6.46. The minimum absolute atomic E-state index is 0.0328. The zero-order chi connectivity index (χ0) is 15.1. The molecule has 118 valence electrons. The van der Waals surface area contributed by atoms with E-state index in [-0.39, 0.29) is 6.61 Å². The maximum Gasteiger partial charge on any atom is 0.411 e. The van der Waals surface area contributed by atoms with Crippen molar-refractivity contribution in [3.8, 4) is 0 Å². The summed E-state index contributed by atoms with van der Waals surface area (Å²) in [5.41, 5.74) is 1.75. The first-order chi connectivity index (χ1) is 10.0. The summed E-state index contributed by atoms with van der Waals surface area (Å²) in [5.74, 6) is 0. The molecule has 1 aromatic carbocycles. The standard InChI is InChI=1S/C15H20F3NO2/c16-15(17,18)11-20-9-12-1-3-13(4-2-12)10-21-14-5-7-19-8-6-14/h1-4,14,19H,5-11H2. The maximum atomic E-state index is 12.0. The van der Waals surface area contributed by atoms with E-state index in [4.69, 9.17) is 4.74 Å². The molecule has 1 N–H and O–H groups in total. The quantitative estimate of drug-likeness (QED) is 0.876. The number of hydrogen-bond acceptors (Lipinski definition) is 3. The van der Waals surface area contributed by atoms with Gasteiger partial charge in [-0.2, -0.15) is 13.2 Å².